The Labute approximate surface area is 162 Å². The molecule has 142 valence electrons. The summed E-state index contributed by atoms with van der Waals surface area (Å²) in [6, 6.07) is 13.4. The lowest BCUT2D eigenvalue weighted by Gasteiger charge is -2.25. The first-order valence-corrected chi connectivity index (χ1v) is 11.2. The van der Waals surface area contributed by atoms with Crippen molar-refractivity contribution < 1.29 is 16.8 Å². The van der Waals surface area contributed by atoms with E-state index in [4.69, 9.17) is 11.6 Å². The molecule has 7 nitrogen and oxygen atoms in total. The summed E-state index contributed by atoms with van der Waals surface area (Å²) in [6.45, 7) is 1.58. The van der Waals surface area contributed by atoms with Crippen LogP contribution in [0.25, 0.3) is 10.9 Å². The molecule has 10 heteroatoms. The van der Waals surface area contributed by atoms with Crippen LogP contribution in [0, 0.1) is 0 Å². The summed E-state index contributed by atoms with van der Waals surface area (Å²) >= 11 is 6.14. The maximum Gasteiger partial charge on any atom is 0.315 e. The fraction of sp³-hybridized carbons (Fsp3) is 0.118. The summed E-state index contributed by atoms with van der Waals surface area (Å²) in [5.74, 6) is 0. The van der Waals surface area contributed by atoms with Crippen molar-refractivity contribution >= 4 is 48.4 Å². The molecule has 3 aromatic rings. The normalized spacial score (nSPS) is 12.2. The van der Waals surface area contributed by atoms with Crippen molar-refractivity contribution in [3.05, 3.63) is 65.8 Å². The maximum atomic E-state index is 13.2. The Balaban J connectivity index is 2.36. The number of para-hydroxylation sites is 1. The summed E-state index contributed by atoms with van der Waals surface area (Å²) in [5.41, 5.74) is 0.240. The van der Waals surface area contributed by atoms with Gasteiger partial charge in [0.05, 0.1) is 21.1 Å². The molecular formula is C17H16ClN3O4S2. The number of hydrogen-bond acceptors (Lipinski definition) is 5. The number of rotatable bonds is 6. The molecule has 0 aliphatic heterocycles. The van der Waals surface area contributed by atoms with E-state index in [-0.39, 0.29) is 22.2 Å². The van der Waals surface area contributed by atoms with Crippen molar-refractivity contribution in [1.29, 1.82) is 0 Å². The quantitative estimate of drug-likeness (QED) is 0.654. The van der Waals surface area contributed by atoms with Gasteiger partial charge in [-0.3, -0.25) is 4.98 Å². The van der Waals surface area contributed by atoms with Crippen molar-refractivity contribution in [2.75, 3.05) is 10.3 Å². The van der Waals surface area contributed by atoms with Gasteiger partial charge in [0, 0.05) is 18.1 Å². The van der Waals surface area contributed by atoms with Gasteiger partial charge in [-0.15, -0.1) is 3.71 Å². The van der Waals surface area contributed by atoms with Gasteiger partial charge in [0.15, 0.2) is 0 Å². The molecule has 1 aromatic heterocycles. The zero-order valence-corrected chi connectivity index (χ0v) is 16.6. The van der Waals surface area contributed by atoms with Crippen molar-refractivity contribution in [1.82, 2.24) is 9.71 Å². The average Bonchev–Trinajstić information content (AvgIpc) is 2.63. The van der Waals surface area contributed by atoms with Crippen LogP contribution in [0.2, 0.25) is 5.02 Å². The minimum absolute atomic E-state index is 0.0207. The van der Waals surface area contributed by atoms with E-state index in [0.29, 0.717) is 14.6 Å². The lowest BCUT2D eigenvalue weighted by atomic mass is 10.2. The molecular weight excluding hydrogens is 410 g/mol. The van der Waals surface area contributed by atoms with E-state index < -0.39 is 20.2 Å². The smallest absolute Gasteiger partial charge is 0.255 e. The molecule has 0 fully saturated rings. The Hall–Kier alpha value is -2.20. The fourth-order valence-corrected chi connectivity index (χ4v) is 6.29. The minimum atomic E-state index is -4.43. The second-order valence-electron chi connectivity index (χ2n) is 5.48. The van der Waals surface area contributed by atoms with Crippen molar-refractivity contribution in [2.45, 2.75) is 11.8 Å². The van der Waals surface area contributed by atoms with E-state index in [0.717, 1.165) is 0 Å². The third kappa shape index (κ3) is 3.63. The molecule has 0 atom stereocenters. The predicted molar refractivity (Wildman–Crippen MR) is 105 cm³/mol. The van der Waals surface area contributed by atoms with Gasteiger partial charge in [0.2, 0.25) is 0 Å². The molecule has 0 aliphatic rings. The van der Waals surface area contributed by atoms with E-state index >= 15 is 0 Å². The van der Waals surface area contributed by atoms with Gasteiger partial charge in [-0.1, -0.05) is 48.9 Å². The van der Waals surface area contributed by atoms with Gasteiger partial charge in [-0.25, -0.2) is 0 Å². The first-order chi connectivity index (χ1) is 12.8. The first kappa shape index (κ1) is 19.6. The molecule has 3 rings (SSSR count). The van der Waals surface area contributed by atoms with Crippen LogP contribution >= 0.6 is 11.6 Å². The summed E-state index contributed by atoms with van der Waals surface area (Å²) in [5, 5.41) is 0.582. The molecule has 1 heterocycles. The van der Waals surface area contributed by atoms with Crippen LogP contribution in [-0.2, 0) is 20.2 Å². The lowest BCUT2D eigenvalue weighted by Crippen LogP contribution is -2.44. The van der Waals surface area contributed by atoms with Gasteiger partial charge in [0.1, 0.15) is 0 Å². The number of benzene rings is 2. The Morgan fingerprint density at radius 1 is 1.00 bits per heavy atom. The highest BCUT2D eigenvalue weighted by Gasteiger charge is 2.36. The summed E-state index contributed by atoms with van der Waals surface area (Å²) in [7, 11) is -8.84. The van der Waals surface area contributed by atoms with E-state index in [9.17, 15) is 16.8 Å². The van der Waals surface area contributed by atoms with Crippen LogP contribution in [0.1, 0.15) is 6.92 Å². The number of pyridine rings is 1. The van der Waals surface area contributed by atoms with E-state index in [1.54, 1.807) is 31.2 Å². The second-order valence-corrected chi connectivity index (χ2v) is 9.51. The lowest BCUT2D eigenvalue weighted by molar-refractivity contribution is 0.576. The van der Waals surface area contributed by atoms with Crippen LogP contribution in [0.15, 0.2) is 65.7 Å². The topological polar surface area (TPSA) is 96.4 Å². The fourth-order valence-electron chi connectivity index (χ4n) is 2.60. The van der Waals surface area contributed by atoms with Crippen molar-refractivity contribution in [2.24, 2.45) is 0 Å². The minimum Gasteiger partial charge on any atom is -0.255 e. The van der Waals surface area contributed by atoms with Crippen molar-refractivity contribution in [3.63, 3.8) is 0 Å². The van der Waals surface area contributed by atoms with Gasteiger partial charge in [0.25, 0.3) is 10.0 Å². The molecule has 1 N–H and O–H groups in total. The number of nitrogens with zero attached hydrogens (tertiary/aromatic N) is 2. The third-order valence-electron chi connectivity index (χ3n) is 3.70. The van der Waals surface area contributed by atoms with Gasteiger partial charge < -0.3 is 0 Å². The second kappa shape index (κ2) is 7.43. The van der Waals surface area contributed by atoms with Gasteiger partial charge >= 0.3 is 10.2 Å². The zero-order chi connectivity index (χ0) is 19.7. The van der Waals surface area contributed by atoms with Crippen LogP contribution in [0.4, 0.5) is 5.69 Å². The van der Waals surface area contributed by atoms with E-state index in [1.807, 2.05) is 0 Å². The maximum absolute atomic E-state index is 13.2. The van der Waals surface area contributed by atoms with Crippen LogP contribution in [-0.4, -0.2) is 28.4 Å². The Morgan fingerprint density at radius 2 is 1.70 bits per heavy atom. The molecule has 0 bridgehead atoms. The molecule has 2 aromatic carbocycles. The summed E-state index contributed by atoms with van der Waals surface area (Å²) in [4.78, 5) is 3.98. The van der Waals surface area contributed by atoms with E-state index in [2.05, 4.69) is 9.71 Å². The molecule has 0 saturated carbocycles. The number of nitrogens with one attached hydrogen (secondary N) is 1. The number of halogens is 1. The molecule has 0 amide bonds. The highest BCUT2D eigenvalue weighted by molar-refractivity contribution is 8.09. The summed E-state index contributed by atoms with van der Waals surface area (Å²) < 4.78 is 54.8. The Kier molecular flexibility index (Phi) is 5.38. The predicted octanol–water partition coefficient (Wildman–Crippen LogP) is 2.94. The SMILES string of the molecule is CCNS(=O)(=O)N(c1ccnc2c(Cl)cccc12)S(=O)(=O)c1ccccc1. The number of aromatic nitrogens is 1. The summed E-state index contributed by atoms with van der Waals surface area (Å²) in [6.07, 6.45) is 1.32. The van der Waals surface area contributed by atoms with Crippen LogP contribution < -0.4 is 8.43 Å². The average molecular weight is 426 g/mol. The molecule has 0 saturated heterocycles. The molecule has 0 unspecified atom stereocenters. The van der Waals surface area contributed by atoms with Crippen molar-refractivity contribution in [3.8, 4) is 0 Å². The number of fused-ring (bicyclic) bond motifs is 1. The van der Waals surface area contributed by atoms with E-state index in [1.165, 1.54) is 36.5 Å². The van der Waals surface area contributed by atoms with Gasteiger partial charge in [-0.2, -0.15) is 21.6 Å². The Bertz CT molecular complexity index is 1180. The Morgan fingerprint density at radius 3 is 2.37 bits per heavy atom. The monoisotopic (exact) mass is 425 g/mol. The third-order valence-corrected chi connectivity index (χ3v) is 7.97. The zero-order valence-electron chi connectivity index (χ0n) is 14.2. The standard InChI is InChI=1S/C17H16ClN3O4S2/c1-2-20-27(24,25)21(26(22,23)13-7-4-3-5-8-13)16-11-12-19-17-14(16)9-6-10-15(17)18/h3-12,20H,2H2,1H3. The van der Waals surface area contributed by atoms with Crippen LogP contribution in [0.3, 0.4) is 0 Å². The highest BCUT2D eigenvalue weighted by Crippen LogP contribution is 2.34. The van der Waals surface area contributed by atoms with Crippen LogP contribution in [0.5, 0.6) is 0 Å². The molecule has 27 heavy (non-hydrogen) atoms. The molecule has 0 spiro atoms. The largest absolute Gasteiger partial charge is 0.315 e. The van der Waals surface area contributed by atoms with Gasteiger partial charge in [-0.05, 0) is 24.3 Å². The number of anilines is 1. The molecule has 0 radical (unpaired) electrons. The molecule has 0 aliphatic carbocycles. The highest BCUT2D eigenvalue weighted by atomic mass is 35.5. The first-order valence-electron chi connectivity index (χ1n) is 7.92. The number of sulfonamides is 1. The number of hydrogen-bond donors (Lipinski definition) is 1.